The maximum absolute atomic E-state index is 13.5. The lowest BCUT2D eigenvalue weighted by atomic mass is 9.88. The smallest absolute Gasteiger partial charge is 0.400 e. The van der Waals surface area contributed by atoms with Crippen molar-refractivity contribution >= 4 is 80.7 Å². The number of hydrogen-bond donors (Lipinski definition) is 1. The maximum Gasteiger partial charge on any atom is 0.460 e. The molecule has 0 aliphatic heterocycles. The van der Waals surface area contributed by atoms with Crippen LogP contribution in [0, 0.1) is 0 Å². The summed E-state index contributed by atoms with van der Waals surface area (Å²) in [5, 5.41) is 7.00. The number of aliphatic hydroxyl groups excluding tert-OH is 1. The fourth-order valence-electron chi connectivity index (χ4n) is 3.41. The predicted octanol–water partition coefficient (Wildman–Crippen LogP) is 18.1. The lowest BCUT2D eigenvalue weighted by molar-refractivity contribution is -0.461. The van der Waals surface area contributed by atoms with Gasteiger partial charge in [-0.25, -0.2) is 0 Å². The number of hydrogen-bond acceptors (Lipinski definition) is 2. The largest absolute Gasteiger partial charge is 0.460 e. The quantitative estimate of drug-likeness (QED) is 0.0793. The molecule has 0 bridgehead atoms. The minimum absolute atomic E-state index is 0. The molecule has 0 saturated heterocycles. The average molecular weight is 1290 g/mol. The second-order valence-electron chi connectivity index (χ2n) is 11.8. The van der Waals surface area contributed by atoms with Crippen LogP contribution in [0.4, 0.5) is 149 Å². The first kappa shape index (κ1) is 86.4. The summed E-state index contributed by atoms with van der Waals surface area (Å²) in [5.74, 6) is -113. The number of halogens is 40. The third-order valence-corrected chi connectivity index (χ3v) is 13.3. The lowest BCUT2D eigenvalue weighted by Crippen LogP contribution is -2.74. The molecule has 0 aliphatic carbocycles. The Morgan fingerprint density at radius 2 is 0.471 bits per heavy atom. The molecule has 0 atom stereocenters. The molecule has 0 rings (SSSR count). The Hall–Kier alpha value is -0.286. The fraction of sp³-hybridized carbons (Fsp3) is 1.00. The zero-order chi connectivity index (χ0) is 54.5. The highest BCUT2D eigenvalue weighted by molar-refractivity contribution is 7.64. The molecule has 0 heterocycles. The highest BCUT2D eigenvalue weighted by atomic mass is 35.8. The first-order valence-corrected chi connectivity index (χ1v) is 23.7. The fourth-order valence-corrected chi connectivity index (χ4v) is 6.23. The number of aliphatic hydroxyl groups is 1. The molecule has 0 aromatic rings. The average Bonchev–Trinajstić information content (AvgIpc) is 3.08. The monoisotopic (exact) mass is 1290 g/mol. The molecule has 70 heavy (non-hydrogen) atoms. The van der Waals surface area contributed by atoms with Crippen molar-refractivity contribution < 1.29 is 159 Å². The van der Waals surface area contributed by atoms with Gasteiger partial charge in [0.25, 0.3) is 0 Å². The van der Waals surface area contributed by atoms with Crippen molar-refractivity contribution in [1.29, 1.82) is 0 Å². The van der Waals surface area contributed by atoms with E-state index in [1.165, 1.54) is 0 Å². The summed E-state index contributed by atoms with van der Waals surface area (Å²) in [5.41, 5.74) is 0. The highest BCUT2D eigenvalue weighted by Crippen LogP contribution is 2.66. The van der Waals surface area contributed by atoms with Crippen LogP contribution in [-0.2, 0) is 4.43 Å². The van der Waals surface area contributed by atoms with Crippen molar-refractivity contribution in [1.82, 2.24) is 0 Å². The predicted molar refractivity (Wildman–Crippen MR) is 190 cm³/mol. The van der Waals surface area contributed by atoms with Crippen molar-refractivity contribution in [2.24, 2.45) is 0 Å². The summed E-state index contributed by atoms with van der Waals surface area (Å²) >= 11 is 25.2. The number of alkyl halides is 34. The lowest BCUT2D eigenvalue weighted by Gasteiger charge is -2.43. The topological polar surface area (TPSA) is 29.5 Å². The van der Waals surface area contributed by atoms with Gasteiger partial charge in [0.2, 0.25) is 0 Å². The van der Waals surface area contributed by atoms with Gasteiger partial charge < -0.3 is 9.53 Å². The molecule has 0 spiro atoms. The molecule has 1 N–H and O–H groups in total. The van der Waals surface area contributed by atoms with E-state index in [-0.39, 0.29) is 42.1 Å². The molecule has 0 fully saturated rings. The van der Waals surface area contributed by atoms with Gasteiger partial charge in [-0.3, -0.25) is 0 Å². The van der Waals surface area contributed by atoms with Gasteiger partial charge in [-0.05, 0) is 12.1 Å². The molecule has 44 heteroatoms. The second kappa shape index (κ2) is 24.8. The van der Waals surface area contributed by atoms with Crippen molar-refractivity contribution in [3.05, 3.63) is 0 Å². The first-order chi connectivity index (χ1) is 27.5. The molecule has 0 aliphatic rings. The first-order valence-electron chi connectivity index (χ1n) is 14.3. The summed E-state index contributed by atoms with van der Waals surface area (Å²) in [6.07, 6.45) is -21.0. The molecule has 0 unspecified atom stereocenters. The molecule has 2 nitrogen and oxygen atoms in total. The van der Waals surface area contributed by atoms with Crippen LogP contribution in [0.25, 0.3) is 0 Å². The molecule has 0 saturated carbocycles. The zero-order valence-corrected chi connectivity index (χ0v) is 36.4. The molecular formula is C26H32Cl6F34O2Si2. The van der Waals surface area contributed by atoms with Crippen LogP contribution in [0.15, 0.2) is 0 Å². The van der Waals surface area contributed by atoms with E-state index in [0.717, 1.165) is 7.11 Å². The Balaban J connectivity index is -0.000000165. The zero-order valence-electron chi connectivity index (χ0n) is 29.8. The summed E-state index contributed by atoms with van der Waals surface area (Å²) in [4.78, 5) is 0. The Morgan fingerprint density at radius 3 is 0.629 bits per heavy atom. The molecule has 0 amide bonds. The van der Waals surface area contributed by atoms with Crippen molar-refractivity contribution in [2.75, 3.05) is 14.2 Å². The SMILES string of the molecule is C.C.C.C.CO.CO[Si](Cl)(Cl)CCC(F)(F)C(F)(F)C(F)(F)C(F)(F)C(F)(F)C(F)(F)C(F)(F)C(F)(F)F.Cl.FC(F)(F)C(F)(F)C(F)(F)C(F)(F)C(F)(F)C(F)(F)C(F)(F)C(F)(F)CC[Si](Cl)(Cl)Cl. The van der Waals surface area contributed by atoms with E-state index in [0.29, 0.717) is 7.11 Å². The third-order valence-electron chi connectivity index (χ3n) is 7.33. The highest BCUT2D eigenvalue weighted by Gasteiger charge is 2.97. The molecule has 0 aromatic carbocycles. The second-order valence-corrected chi connectivity index (χ2v) is 27.5. The van der Waals surface area contributed by atoms with E-state index < -0.39 is 133 Å². The Morgan fingerprint density at radius 1 is 0.314 bits per heavy atom. The standard InChI is InChI=1S/C11H7Cl2F17OSi.C10H4Cl3F17Si.CH4O.4CH4.ClH/c1-31-32(12,13)3-2-4(14,15)5(16,17)6(18,19)7(20,21)8(22,23)9(24,25)10(26,27)11(28,29)30;11-31(12,13)2-1-3(14,15)4(16,17)5(18,19)6(20,21)7(22,23)8(24,25)9(26,27)10(28,29)30;1-2;;;;;/h2-3H2,1H3;1-2H2;2H,1H3;4*1H4;1H. The van der Waals surface area contributed by atoms with Crippen LogP contribution in [0.5, 0.6) is 0 Å². The van der Waals surface area contributed by atoms with E-state index in [1.54, 1.807) is 0 Å². The van der Waals surface area contributed by atoms with Gasteiger partial charge in [0, 0.05) is 27.1 Å². The number of rotatable bonds is 19. The molecule has 436 valence electrons. The van der Waals surface area contributed by atoms with Gasteiger partial charge in [-0.2, -0.15) is 149 Å². The molecule has 0 radical (unpaired) electrons. The molecule has 0 aromatic heterocycles. The van der Waals surface area contributed by atoms with Gasteiger partial charge in [0.1, 0.15) is 0 Å². The Kier molecular flexibility index (Phi) is 30.6. The molecular weight excluding hydrogens is 1260 g/mol. The third kappa shape index (κ3) is 14.8. The van der Waals surface area contributed by atoms with E-state index >= 15 is 0 Å². The minimum Gasteiger partial charge on any atom is -0.400 e. The summed E-state index contributed by atoms with van der Waals surface area (Å²) < 4.78 is 446. The normalized spacial score (nSPS) is 15.0. The van der Waals surface area contributed by atoms with Gasteiger partial charge in [0.05, 0.1) is 0 Å². The van der Waals surface area contributed by atoms with Crippen LogP contribution in [-0.4, -0.2) is 128 Å². The maximum atomic E-state index is 13.5. The van der Waals surface area contributed by atoms with Gasteiger partial charge in [0.15, 0.2) is 0 Å². The van der Waals surface area contributed by atoms with Crippen molar-refractivity contribution in [3.8, 4) is 0 Å². The van der Waals surface area contributed by atoms with Crippen molar-refractivity contribution in [2.45, 2.75) is 150 Å². The van der Waals surface area contributed by atoms with Crippen LogP contribution in [0.1, 0.15) is 42.5 Å². The van der Waals surface area contributed by atoms with E-state index in [9.17, 15) is 149 Å². The Bertz CT molecular complexity index is 1570. The Labute approximate surface area is 403 Å². The van der Waals surface area contributed by atoms with E-state index in [1.807, 2.05) is 0 Å². The van der Waals surface area contributed by atoms with Crippen LogP contribution in [0.3, 0.4) is 0 Å². The van der Waals surface area contributed by atoms with Crippen LogP contribution < -0.4 is 0 Å². The van der Waals surface area contributed by atoms with Gasteiger partial charge >= 0.3 is 108 Å². The van der Waals surface area contributed by atoms with Crippen LogP contribution >= 0.6 is 67.8 Å². The van der Waals surface area contributed by atoms with Gasteiger partial charge in [-0.15, -0.1) is 67.8 Å². The summed E-state index contributed by atoms with van der Waals surface area (Å²) in [7, 11) is 1.59. The summed E-state index contributed by atoms with van der Waals surface area (Å²) in [6.45, 7) is -4.38. The van der Waals surface area contributed by atoms with E-state index in [4.69, 9.17) is 60.5 Å². The van der Waals surface area contributed by atoms with Crippen LogP contribution in [0.2, 0.25) is 12.1 Å². The minimum atomic E-state index is -8.65. The summed E-state index contributed by atoms with van der Waals surface area (Å²) in [6, 6.07) is -7.76. The van der Waals surface area contributed by atoms with E-state index in [2.05, 4.69) is 4.43 Å². The van der Waals surface area contributed by atoms with Gasteiger partial charge in [-0.1, -0.05) is 29.7 Å². The van der Waals surface area contributed by atoms with Crippen molar-refractivity contribution in [3.63, 3.8) is 0 Å².